The standard InChI is InChI=1S/C15H21NO3/c1-5-15(2,3)16(4)14(19)12-9-7-6-8-11(12)10-13(17)18/h6-9H,5,10H2,1-4H3,(H,17,18). The Morgan fingerprint density at radius 2 is 1.84 bits per heavy atom. The van der Waals surface area contributed by atoms with Crippen LogP contribution in [0.4, 0.5) is 0 Å². The number of amides is 1. The normalized spacial score (nSPS) is 11.2. The van der Waals surface area contributed by atoms with E-state index in [0.717, 1.165) is 6.42 Å². The topological polar surface area (TPSA) is 57.6 Å². The van der Waals surface area contributed by atoms with Gasteiger partial charge in [0.1, 0.15) is 0 Å². The minimum absolute atomic E-state index is 0.135. The van der Waals surface area contributed by atoms with E-state index in [2.05, 4.69) is 0 Å². The molecule has 0 aromatic heterocycles. The molecule has 0 fully saturated rings. The zero-order chi connectivity index (χ0) is 14.6. The fraction of sp³-hybridized carbons (Fsp3) is 0.467. The maximum absolute atomic E-state index is 12.5. The van der Waals surface area contributed by atoms with Crippen molar-refractivity contribution in [3.8, 4) is 0 Å². The summed E-state index contributed by atoms with van der Waals surface area (Å²) in [4.78, 5) is 25.0. The number of hydrogen-bond donors (Lipinski definition) is 1. The largest absolute Gasteiger partial charge is 0.481 e. The Morgan fingerprint density at radius 3 is 2.37 bits per heavy atom. The molecule has 1 amide bonds. The van der Waals surface area contributed by atoms with Crippen LogP contribution in [0, 0.1) is 0 Å². The molecule has 19 heavy (non-hydrogen) atoms. The van der Waals surface area contributed by atoms with E-state index in [9.17, 15) is 9.59 Å². The predicted octanol–water partition coefficient (Wildman–Crippen LogP) is 2.57. The highest BCUT2D eigenvalue weighted by atomic mass is 16.4. The molecule has 0 aliphatic carbocycles. The zero-order valence-electron chi connectivity index (χ0n) is 11.9. The summed E-state index contributed by atoms with van der Waals surface area (Å²) in [5.41, 5.74) is 0.764. The number of hydrogen-bond acceptors (Lipinski definition) is 2. The number of carbonyl (C=O) groups excluding carboxylic acids is 1. The molecule has 0 atom stereocenters. The number of benzene rings is 1. The molecule has 4 nitrogen and oxygen atoms in total. The van der Waals surface area contributed by atoms with E-state index in [1.54, 1.807) is 36.2 Å². The predicted molar refractivity (Wildman–Crippen MR) is 74.2 cm³/mol. The first-order valence-corrected chi connectivity index (χ1v) is 6.37. The molecule has 4 heteroatoms. The van der Waals surface area contributed by atoms with Gasteiger partial charge < -0.3 is 10.0 Å². The lowest BCUT2D eigenvalue weighted by Gasteiger charge is -2.35. The highest BCUT2D eigenvalue weighted by molar-refractivity contribution is 5.97. The van der Waals surface area contributed by atoms with E-state index in [4.69, 9.17) is 5.11 Å². The summed E-state index contributed by atoms with van der Waals surface area (Å²) >= 11 is 0. The molecule has 0 spiro atoms. The molecule has 1 aromatic rings. The summed E-state index contributed by atoms with van der Waals surface area (Å²) in [6.45, 7) is 6.00. The van der Waals surface area contributed by atoms with Crippen molar-refractivity contribution in [2.45, 2.75) is 39.2 Å². The lowest BCUT2D eigenvalue weighted by atomic mass is 9.97. The van der Waals surface area contributed by atoms with Gasteiger partial charge in [-0.05, 0) is 31.9 Å². The van der Waals surface area contributed by atoms with Gasteiger partial charge in [0.15, 0.2) is 0 Å². The van der Waals surface area contributed by atoms with Gasteiger partial charge >= 0.3 is 5.97 Å². The molecule has 0 radical (unpaired) electrons. The molecule has 104 valence electrons. The van der Waals surface area contributed by atoms with E-state index in [1.807, 2.05) is 20.8 Å². The smallest absolute Gasteiger partial charge is 0.307 e. The number of carbonyl (C=O) groups is 2. The molecule has 0 heterocycles. The second kappa shape index (κ2) is 5.87. The third-order valence-corrected chi connectivity index (χ3v) is 3.67. The molecule has 0 aliphatic rings. The number of aliphatic carboxylic acids is 1. The van der Waals surface area contributed by atoms with Crippen molar-refractivity contribution in [3.63, 3.8) is 0 Å². The third-order valence-electron chi connectivity index (χ3n) is 3.67. The van der Waals surface area contributed by atoms with Crippen LogP contribution in [0.2, 0.25) is 0 Å². The van der Waals surface area contributed by atoms with Gasteiger partial charge in [-0.2, -0.15) is 0 Å². The van der Waals surface area contributed by atoms with Crippen LogP contribution in [0.15, 0.2) is 24.3 Å². The second-order valence-electron chi connectivity index (χ2n) is 5.26. The molecule has 1 rings (SSSR count). The van der Waals surface area contributed by atoms with E-state index >= 15 is 0 Å². The van der Waals surface area contributed by atoms with Crippen LogP contribution in [0.5, 0.6) is 0 Å². The molecule has 0 saturated heterocycles. The van der Waals surface area contributed by atoms with Crippen molar-refractivity contribution >= 4 is 11.9 Å². The van der Waals surface area contributed by atoms with E-state index in [1.165, 1.54) is 0 Å². The first-order chi connectivity index (χ1) is 8.79. The molecule has 0 saturated carbocycles. The molecular formula is C15H21NO3. The number of carboxylic acid groups (broad SMARTS) is 1. The van der Waals surface area contributed by atoms with Gasteiger partial charge in [-0.15, -0.1) is 0 Å². The van der Waals surface area contributed by atoms with Crippen LogP contribution in [0.3, 0.4) is 0 Å². The maximum atomic E-state index is 12.5. The van der Waals surface area contributed by atoms with Crippen molar-refractivity contribution < 1.29 is 14.7 Å². The lowest BCUT2D eigenvalue weighted by molar-refractivity contribution is -0.136. The molecule has 1 aromatic carbocycles. The van der Waals surface area contributed by atoms with Crippen molar-refractivity contribution in [1.29, 1.82) is 0 Å². The Labute approximate surface area is 114 Å². The molecule has 0 bridgehead atoms. The summed E-state index contributed by atoms with van der Waals surface area (Å²) in [5, 5.41) is 8.89. The average molecular weight is 263 g/mol. The van der Waals surface area contributed by atoms with Crippen LogP contribution < -0.4 is 0 Å². The Balaban J connectivity index is 3.09. The van der Waals surface area contributed by atoms with Gasteiger partial charge in [0.25, 0.3) is 5.91 Å². The van der Waals surface area contributed by atoms with Gasteiger partial charge in [0.05, 0.1) is 6.42 Å². The monoisotopic (exact) mass is 263 g/mol. The van der Waals surface area contributed by atoms with Gasteiger partial charge in [0, 0.05) is 18.2 Å². The lowest BCUT2D eigenvalue weighted by Crippen LogP contribution is -2.44. The first-order valence-electron chi connectivity index (χ1n) is 6.37. The van der Waals surface area contributed by atoms with Crippen LogP contribution in [0.25, 0.3) is 0 Å². The fourth-order valence-electron chi connectivity index (χ4n) is 1.74. The zero-order valence-corrected chi connectivity index (χ0v) is 11.9. The first kappa shape index (κ1) is 15.2. The van der Waals surface area contributed by atoms with E-state index < -0.39 is 5.97 Å². The Kier molecular flexibility index (Phi) is 4.70. The van der Waals surface area contributed by atoms with Crippen LogP contribution in [0.1, 0.15) is 43.1 Å². The van der Waals surface area contributed by atoms with Gasteiger partial charge in [-0.3, -0.25) is 9.59 Å². The van der Waals surface area contributed by atoms with Crippen molar-refractivity contribution in [1.82, 2.24) is 4.90 Å². The number of rotatable bonds is 5. The van der Waals surface area contributed by atoms with Gasteiger partial charge in [-0.1, -0.05) is 25.1 Å². The molecule has 0 unspecified atom stereocenters. The van der Waals surface area contributed by atoms with Gasteiger partial charge in [0.2, 0.25) is 0 Å². The fourth-order valence-corrected chi connectivity index (χ4v) is 1.74. The number of nitrogens with zero attached hydrogens (tertiary/aromatic N) is 1. The molecule has 0 aliphatic heterocycles. The van der Waals surface area contributed by atoms with Gasteiger partial charge in [-0.25, -0.2) is 0 Å². The Morgan fingerprint density at radius 1 is 1.26 bits per heavy atom. The van der Waals surface area contributed by atoms with Crippen molar-refractivity contribution in [2.24, 2.45) is 0 Å². The third kappa shape index (κ3) is 3.56. The Hall–Kier alpha value is -1.84. The minimum Gasteiger partial charge on any atom is -0.481 e. The summed E-state index contributed by atoms with van der Waals surface area (Å²) in [6, 6.07) is 6.88. The Bertz CT molecular complexity index is 480. The van der Waals surface area contributed by atoms with Crippen LogP contribution >= 0.6 is 0 Å². The SMILES string of the molecule is CCC(C)(C)N(C)C(=O)c1ccccc1CC(=O)O. The highest BCUT2D eigenvalue weighted by Gasteiger charge is 2.27. The van der Waals surface area contributed by atoms with Crippen molar-refractivity contribution in [3.05, 3.63) is 35.4 Å². The summed E-state index contributed by atoms with van der Waals surface area (Å²) in [7, 11) is 1.75. The number of carboxylic acids is 1. The quantitative estimate of drug-likeness (QED) is 0.888. The molecule has 1 N–H and O–H groups in total. The van der Waals surface area contributed by atoms with Crippen LogP contribution in [-0.4, -0.2) is 34.5 Å². The average Bonchev–Trinajstić information content (AvgIpc) is 2.37. The summed E-state index contributed by atoms with van der Waals surface area (Å²) in [5.74, 6) is -1.07. The summed E-state index contributed by atoms with van der Waals surface area (Å²) < 4.78 is 0. The van der Waals surface area contributed by atoms with E-state index in [0.29, 0.717) is 11.1 Å². The summed E-state index contributed by atoms with van der Waals surface area (Å²) in [6.07, 6.45) is 0.693. The maximum Gasteiger partial charge on any atom is 0.307 e. The minimum atomic E-state index is -0.933. The second-order valence-corrected chi connectivity index (χ2v) is 5.26. The highest BCUT2D eigenvalue weighted by Crippen LogP contribution is 2.21. The van der Waals surface area contributed by atoms with Crippen molar-refractivity contribution in [2.75, 3.05) is 7.05 Å². The molecular weight excluding hydrogens is 242 g/mol. The van der Waals surface area contributed by atoms with Crippen LogP contribution in [-0.2, 0) is 11.2 Å². The van der Waals surface area contributed by atoms with E-state index in [-0.39, 0.29) is 17.9 Å².